The van der Waals surface area contributed by atoms with Crippen molar-refractivity contribution < 1.29 is 9.47 Å². The van der Waals surface area contributed by atoms with Crippen LogP contribution in [-0.4, -0.2) is 26.3 Å². The molecule has 27 heavy (non-hydrogen) atoms. The van der Waals surface area contributed by atoms with Gasteiger partial charge in [0.15, 0.2) is 0 Å². The molecule has 0 aliphatic carbocycles. The molecule has 148 valence electrons. The van der Waals surface area contributed by atoms with E-state index < -0.39 is 0 Å². The minimum atomic E-state index is 0.763. The number of hydrogen-bond donors (Lipinski definition) is 2. The molecule has 2 N–H and O–H groups in total. The average molecular weight is 371 g/mol. The summed E-state index contributed by atoms with van der Waals surface area (Å²) in [7, 11) is 0. The molecule has 0 atom stereocenters. The van der Waals surface area contributed by atoms with Gasteiger partial charge in [-0.05, 0) is 61.4 Å². The van der Waals surface area contributed by atoms with E-state index >= 15 is 0 Å². The summed E-state index contributed by atoms with van der Waals surface area (Å²) in [5, 5.41) is 6.83. The fraction of sp³-hybridized carbons (Fsp3) is 0.478. The van der Waals surface area contributed by atoms with Crippen molar-refractivity contribution >= 4 is 11.4 Å². The molecule has 4 heteroatoms. The summed E-state index contributed by atoms with van der Waals surface area (Å²) in [6, 6.07) is 16.3. The molecule has 0 spiro atoms. The zero-order valence-electron chi connectivity index (χ0n) is 16.8. The summed E-state index contributed by atoms with van der Waals surface area (Å²) in [5.74, 6) is 1.87. The highest BCUT2D eigenvalue weighted by Crippen LogP contribution is 2.17. The number of rotatable bonds is 14. The second kappa shape index (κ2) is 12.9. The van der Waals surface area contributed by atoms with Gasteiger partial charge in [0.25, 0.3) is 0 Å². The van der Waals surface area contributed by atoms with Crippen molar-refractivity contribution in [2.24, 2.45) is 0 Å². The molecular formula is C23H34N2O2. The largest absolute Gasteiger partial charge is 0.494 e. The molecule has 0 bridgehead atoms. The Kier molecular flexibility index (Phi) is 10.0. The Bertz CT molecular complexity index is 611. The highest BCUT2D eigenvalue weighted by atomic mass is 16.5. The third-order valence-electron chi connectivity index (χ3n) is 4.23. The van der Waals surface area contributed by atoms with Gasteiger partial charge in [-0.1, -0.05) is 33.1 Å². The minimum Gasteiger partial charge on any atom is -0.494 e. The first-order chi connectivity index (χ1) is 13.3. The Hall–Kier alpha value is -2.36. The third kappa shape index (κ3) is 8.72. The summed E-state index contributed by atoms with van der Waals surface area (Å²) in [6.45, 7) is 7.61. The van der Waals surface area contributed by atoms with Crippen molar-refractivity contribution in [3.05, 3.63) is 48.5 Å². The Labute approximate surface area is 164 Å². The molecule has 2 aromatic carbocycles. The molecule has 0 fully saturated rings. The van der Waals surface area contributed by atoms with E-state index in [1.807, 2.05) is 24.3 Å². The first-order valence-electron chi connectivity index (χ1n) is 10.2. The van der Waals surface area contributed by atoms with Gasteiger partial charge in [0.05, 0.1) is 13.2 Å². The van der Waals surface area contributed by atoms with Crippen LogP contribution in [0, 0.1) is 0 Å². The lowest BCUT2D eigenvalue weighted by Gasteiger charge is -2.11. The molecule has 2 rings (SSSR count). The van der Waals surface area contributed by atoms with Gasteiger partial charge in [-0.2, -0.15) is 0 Å². The number of ether oxygens (including phenoxy) is 2. The van der Waals surface area contributed by atoms with E-state index in [0.29, 0.717) is 0 Å². The van der Waals surface area contributed by atoms with E-state index in [0.717, 1.165) is 62.0 Å². The normalized spacial score (nSPS) is 10.4. The lowest BCUT2D eigenvalue weighted by atomic mass is 10.2. The highest BCUT2D eigenvalue weighted by molar-refractivity contribution is 5.48. The summed E-state index contributed by atoms with van der Waals surface area (Å²) in [5.41, 5.74) is 2.21. The van der Waals surface area contributed by atoms with Gasteiger partial charge in [-0.15, -0.1) is 0 Å². The van der Waals surface area contributed by atoms with Crippen LogP contribution in [0.2, 0.25) is 0 Å². The fourth-order valence-corrected chi connectivity index (χ4v) is 2.69. The van der Waals surface area contributed by atoms with E-state index in [2.05, 4.69) is 48.7 Å². The lowest BCUT2D eigenvalue weighted by Crippen LogP contribution is -2.13. The molecule has 0 aliphatic rings. The molecule has 0 amide bonds. The van der Waals surface area contributed by atoms with E-state index in [1.165, 1.54) is 19.3 Å². The molecule has 4 nitrogen and oxygen atoms in total. The second-order valence-electron chi connectivity index (χ2n) is 6.66. The van der Waals surface area contributed by atoms with E-state index in [4.69, 9.17) is 9.47 Å². The third-order valence-corrected chi connectivity index (χ3v) is 4.23. The fourth-order valence-electron chi connectivity index (χ4n) is 2.69. The van der Waals surface area contributed by atoms with Gasteiger partial charge in [0.1, 0.15) is 11.5 Å². The first kappa shape index (κ1) is 20.9. The number of benzene rings is 2. The molecular weight excluding hydrogens is 336 g/mol. The zero-order chi connectivity index (χ0) is 19.2. The lowest BCUT2D eigenvalue weighted by molar-refractivity contribution is 0.305. The van der Waals surface area contributed by atoms with Gasteiger partial charge in [0.2, 0.25) is 0 Å². The SMILES string of the molecule is CCCCCCOc1ccc(NCCNc2ccc(OCCC)cc2)cc1. The summed E-state index contributed by atoms with van der Waals surface area (Å²) in [6.07, 6.45) is 5.95. The van der Waals surface area contributed by atoms with Crippen LogP contribution in [0.5, 0.6) is 11.5 Å². The van der Waals surface area contributed by atoms with Crippen molar-refractivity contribution in [3.63, 3.8) is 0 Å². The Morgan fingerprint density at radius 2 is 1.11 bits per heavy atom. The monoisotopic (exact) mass is 370 g/mol. The van der Waals surface area contributed by atoms with Crippen molar-refractivity contribution in [3.8, 4) is 11.5 Å². The molecule has 0 aliphatic heterocycles. The maximum Gasteiger partial charge on any atom is 0.119 e. The van der Waals surface area contributed by atoms with Crippen LogP contribution < -0.4 is 20.1 Å². The Balaban J connectivity index is 1.61. The molecule has 0 unspecified atom stereocenters. The Morgan fingerprint density at radius 3 is 1.59 bits per heavy atom. The molecule has 2 aromatic rings. The maximum absolute atomic E-state index is 5.77. The van der Waals surface area contributed by atoms with Gasteiger partial charge < -0.3 is 20.1 Å². The predicted octanol–water partition coefficient (Wildman–Crippen LogP) is 5.96. The van der Waals surface area contributed by atoms with Crippen LogP contribution in [0.4, 0.5) is 11.4 Å². The van der Waals surface area contributed by atoms with Crippen LogP contribution in [0.25, 0.3) is 0 Å². The first-order valence-corrected chi connectivity index (χ1v) is 10.2. The van der Waals surface area contributed by atoms with Crippen LogP contribution in [0.15, 0.2) is 48.5 Å². The molecule has 0 saturated heterocycles. The zero-order valence-corrected chi connectivity index (χ0v) is 16.8. The van der Waals surface area contributed by atoms with Gasteiger partial charge >= 0.3 is 0 Å². The predicted molar refractivity (Wildman–Crippen MR) is 115 cm³/mol. The standard InChI is InChI=1S/C23H34N2O2/c1-3-5-6-7-19-27-23-14-10-21(11-15-23)25-17-16-24-20-8-12-22(13-9-20)26-18-4-2/h8-15,24-25H,3-7,16-19H2,1-2H3. The van der Waals surface area contributed by atoms with E-state index in [9.17, 15) is 0 Å². The summed E-state index contributed by atoms with van der Waals surface area (Å²) in [4.78, 5) is 0. The van der Waals surface area contributed by atoms with E-state index in [1.54, 1.807) is 0 Å². The van der Waals surface area contributed by atoms with E-state index in [-0.39, 0.29) is 0 Å². The van der Waals surface area contributed by atoms with Gasteiger partial charge in [0, 0.05) is 24.5 Å². The second-order valence-corrected chi connectivity index (χ2v) is 6.66. The van der Waals surface area contributed by atoms with Gasteiger partial charge in [-0.25, -0.2) is 0 Å². The maximum atomic E-state index is 5.77. The van der Waals surface area contributed by atoms with Crippen molar-refractivity contribution in [2.45, 2.75) is 46.0 Å². The quantitative estimate of drug-likeness (QED) is 0.403. The number of unbranched alkanes of at least 4 members (excludes halogenated alkanes) is 3. The summed E-state index contributed by atoms with van der Waals surface area (Å²) >= 11 is 0. The molecule has 0 heterocycles. The molecule has 0 radical (unpaired) electrons. The number of hydrogen-bond acceptors (Lipinski definition) is 4. The van der Waals surface area contributed by atoms with Crippen molar-refractivity contribution in [1.29, 1.82) is 0 Å². The van der Waals surface area contributed by atoms with Crippen LogP contribution in [0.1, 0.15) is 46.0 Å². The number of anilines is 2. The smallest absolute Gasteiger partial charge is 0.119 e. The van der Waals surface area contributed by atoms with Crippen molar-refractivity contribution in [1.82, 2.24) is 0 Å². The molecule has 0 aromatic heterocycles. The Morgan fingerprint density at radius 1 is 0.593 bits per heavy atom. The molecule has 0 saturated carbocycles. The summed E-state index contributed by atoms with van der Waals surface area (Å²) < 4.78 is 11.4. The highest BCUT2D eigenvalue weighted by Gasteiger charge is 1.97. The topological polar surface area (TPSA) is 42.5 Å². The number of nitrogens with one attached hydrogen (secondary N) is 2. The minimum absolute atomic E-state index is 0.763. The van der Waals surface area contributed by atoms with Crippen molar-refractivity contribution in [2.75, 3.05) is 36.9 Å². The van der Waals surface area contributed by atoms with Crippen LogP contribution >= 0.6 is 0 Å². The average Bonchev–Trinajstić information content (AvgIpc) is 2.71. The van der Waals surface area contributed by atoms with Crippen LogP contribution in [0.3, 0.4) is 0 Å². The van der Waals surface area contributed by atoms with Crippen LogP contribution in [-0.2, 0) is 0 Å². The van der Waals surface area contributed by atoms with Gasteiger partial charge in [-0.3, -0.25) is 0 Å².